The van der Waals surface area contributed by atoms with Gasteiger partial charge in [-0.3, -0.25) is 0 Å². The number of aromatic nitrogens is 2. The van der Waals surface area contributed by atoms with Crippen LogP contribution >= 0.6 is 0 Å². The second-order valence-corrected chi connectivity index (χ2v) is 6.37. The summed E-state index contributed by atoms with van der Waals surface area (Å²) in [5.41, 5.74) is 6.71. The molecule has 0 saturated heterocycles. The minimum Gasteiger partial charge on any atom is -0.396 e. The molecular formula is C21H25N3O. The highest BCUT2D eigenvalue weighted by Crippen LogP contribution is 2.27. The maximum Gasteiger partial charge on any atom is 0.0653 e. The average molecular weight is 335 g/mol. The van der Waals surface area contributed by atoms with Crippen molar-refractivity contribution in [3.8, 4) is 5.69 Å². The fraction of sp³-hybridized carbons (Fsp3) is 0.286. The monoisotopic (exact) mass is 335 g/mol. The van der Waals surface area contributed by atoms with Crippen LogP contribution in [0, 0.1) is 13.8 Å². The number of para-hydroxylation sites is 1. The summed E-state index contributed by atoms with van der Waals surface area (Å²) in [5, 5.41) is 17.3. The van der Waals surface area contributed by atoms with Gasteiger partial charge in [-0.25, -0.2) is 4.68 Å². The van der Waals surface area contributed by atoms with Crippen LogP contribution in [-0.2, 0) is 6.42 Å². The molecule has 0 aliphatic heterocycles. The summed E-state index contributed by atoms with van der Waals surface area (Å²) in [5.74, 6) is 0. The van der Waals surface area contributed by atoms with Crippen molar-refractivity contribution in [3.63, 3.8) is 0 Å². The second-order valence-electron chi connectivity index (χ2n) is 6.37. The van der Waals surface area contributed by atoms with E-state index in [1.807, 2.05) is 22.9 Å². The Hall–Kier alpha value is -2.59. The molecule has 0 amide bonds. The summed E-state index contributed by atoms with van der Waals surface area (Å²) >= 11 is 0. The second kappa shape index (κ2) is 7.53. The summed E-state index contributed by atoms with van der Waals surface area (Å²) in [6, 6.07) is 18.6. The van der Waals surface area contributed by atoms with Crippen LogP contribution in [0.1, 0.15) is 35.5 Å². The van der Waals surface area contributed by atoms with Crippen molar-refractivity contribution in [2.24, 2.45) is 0 Å². The standard InChI is InChI=1S/C21H25N3O/c1-15(22-19-11-9-18(10-12-19)13-14-25)21-16(2)23-24(17(21)3)20-7-5-4-6-8-20/h4-12,15,22,25H,13-14H2,1-3H3. The number of hydrogen-bond acceptors (Lipinski definition) is 3. The minimum absolute atomic E-state index is 0.154. The fourth-order valence-electron chi connectivity index (χ4n) is 3.32. The van der Waals surface area contributed by atoms with E-state index in [2.05, 4.69) is 62.5 Å². The van der Waals surface area contributed by atoms with Crippen molar-refractivity contribution < 1.29 is 5.11 Å². The minimum atomic E-state index is 0.154. The van der Waals surface area contributed by atoms with Gasteiger partial charge in [0.05, 0.1) is 17.4 Å². The van der Waals surface area contributed by atoms with Crippen LogP contribution < -0.4 is 5.32 Å². The quantitative estimate of drug-likeness (QED) is 0.710. The maximum atomic E-state index is 9.02. The predicted octanol–water partition coefficient (Wildman–Crippen LogP) is 4.20. The normalized spacial score (nSPS) is 12.2. The third kappa shape index (κ3) is 3.74. The summed E-state index contributed by atoms with van der Waals surface area (Å²) in [6.07, 6.45) is 0.692. The molecule has 0 fully saturated rings. The first-order chi connectivity index (χ1) is 12.1. The molecule has 4 nitrogen and oxygen atoms in total. The van der Waals surface area contributed by atoms with Crippen molar-refractivity contribution in [1.82, 2.24) is 9.78 Å². The van der Waals surface area contributed by atoms with Gasteiger partial charge in [0.1, 0.15) is 0 Å². The van der Waals surface area contributed by atoms with Gasteiger partial charge >= 0.3 is 0 Å². The molecule has 3 aromatic rings. The van der Waals surface area contributed by atoms with Gasteiger partial charge in [-0.15, -0.1) is 0 Å². The van der Waals surface area contributed by atoms with Crippen LogP contribution in [0.5, 0.6) is 0 Å². The lowest BCUT2D eigenvalue weighted by Gasteiger charge is -2.17. The Morgan fingerprint density at radius 3 is 2.36 bits per heavy atom. The highest BCUT2D eigenvalue weighted by atomic mass is 16.2. The molecule has 0 saturated carbocycles. The summed E-state index contributed by atoms with van der Waals surface area (Å²) in [4.78, 5) is 0. The fourth-order valence-corrected chi connectivity index (χ4v) is 3.32. The zero-order chi connectivity index (χ0) is 17.8. The van der Waals surface area contributed by atoms with Crippen LogP contribution in [0.4, 0.5) is 5.69 Å². The van der Waals surface area contributed by atoms with Gasteiger partial charge in [-0.2, -0.15) is 5.10 Å². The van der Waals surface area contributed by atoms with Gasteiger partial charge in [0.15, 0.2) is 0 Å². The molecule has 3 rings (SSSR count). The van der Waals surface area contributed by atoms with Crippen molar-refractivity contribution in [3.05, 3.63) is 77.1 Å². The maximum absolute atomic E-state index is 9.02. The largest absolute Gasteiger partial charge is 0.396 e. The van der Waals surface area contributed by atoms with Crippen molar-refractivity contribution in [1.29, 1.82) is 0 Å². The molecule has 1 aromatic heterocycles. The smallest absolute Gasteiger partial charge is 0.0653 e. The summed E-state index contributed by atoms with van der Waals surface area (Å²) in [6.45, 7) is 6.52. The molecule has 0 radical (unpaired) electrons. The third-order valence-electron chi connectivity index (χ3n) is 4.52. The number of hydrogen-bond donors (Lipinski definition) is 2. The Bertz CT molecular complexity index is 822. The van der Waals surface area contributed by atoms with E-state index in [0.29, 0.717) is 6.42 Å². The van der Waals surface area contributed by atoms with Crippen molar-refractivity contribution >= 4 is 5.69 Å². The van der Waals surface area contributed by atoms with E-state index >= 15 is 0 Å². The lowest BCUT2D eigenvalue weighted by atomic mass is 10.1. The van der Waals surface area contributed by atoms with Crippen LogP contribution in [-0.4, -0.2) is 21.5 Å². The molecule has 0 bridgehead atoms. The number of aliphatic hydroxyl groups is 1. The van der Waals surface area contributed by atoms with Crippen molar-refractivity contribution in [2.45, 2.75) is 33.2 Å². The van der Waals surface area contributed by atoms with E-state index in [1.54, 1.807) is 0 Å². The highest BCUT2D eigenvalue weighted by molar-refractivity contribution is 5.48. The number of nitrogens with one attached hydrogen (secondary N) is 1. The lowest BCUT2D eigenvalue weighted by molar-refractivity contribution is 0.299. The van der Waals surface area contributed by atoms with E-state index in [-0.39, 0.29) is 12.6 Å². The summed E-state index contributed by atoms with van der Waals surface area (Å²) in [7, 11) is 0. The number of rotatable bonds is 6. The van der Waals surface area contributed by atoms with Gasteiger partial charge in [0, 0.05) is 23.6 Å². The number of benzene rings is 2. The Morgan fingerprint density at radius 1 is 1.04 bits per heavy atom. The number of anilines is 1. The number of aryl methyl sites for hydroxylation is 1. The zero-order valence-electron chi connectivity index (χ0n) is 15.0. The highest BCUT2D eigenvalue weighted by Gasteiger charge is 2.18. The Kier molecular flexibility index (Phi) is 5.19. The lowest BCUT2D eigenvalue weighted by Crippen LogP contribution is -2.09. The van der Waals surface area contributed by atoms with Crippen LogP contribution in [0.15, 0.2) is 54.6 Å². The topological polar surface area (TPSA) is 50.1 Å². The first-order valence-electron chi connectivity index (χ1n) is 8.68. The van der Waals surface area contributed by atoms with E-state index in [1.165, 1.54) is 5.56 Å². The summed E-state index contributed by atoms with van der Waals surface area (Å²) < 4.78 is 2.01. The molecule has 2 N–H and O–H groups in total. The zero-order valence-corrected chi connectivity index (χ0v) is 15.0. The van der Waals surface area contributed by atoms with Gasteiger partial charge in [0.25, 0.3) is 0 Å². The van der Waals surface area contributed by atoms with Gasteiger partial charge in [0.2, 0.25) is 0 Å². The Morgan fingerprint density at radius 2 is 1.72 bits per heavy atom. The molecule has 4 heteroatoms. The molecule has 0 spiro atoms. The van der Waals surface area contributed by atoms with Crippen molar-refractivity contribution in [2.75, 3.05) is 11.9 Å². The molecule has 1 unspecified atom stereocenters. The molecule has 1 atom stereocenters. The first kappa shape index (κ1) is 17.2. The Labute approximate surface area is 149 Å². The number of aliphatic hydroxyl groups excluding tert-OH is 1. The van der Waals surface area contributed by atoms with E-state index in [4.69, 9.17) is 10.2 Å². The van der Waals surface area contributed by atoms with Crippen LogP contribution in [0.25, 0.3) is 5.69 Å². The SMILES string of the molecule is Cc1nn(-c2ccccc2)c(C)c1C(C)Nc1ccc(CCO)cc1. The van der Waals surface area contributed by atoms with E-state index in [0.717, 1.165) is 28.3 Å². The molecule has 0 aliphatic rings. The van der Waals surface area contributed by atoms with Gasteiger partial charge in [-0.05, 0) is 57.0 Å². The molecular weight excluding hydrogens is 310 g/mol. The molecule has 130 valence electrons. The van der Waals surface area contributed by atoms with Gasteiger partial charge < -0.3 is 10.4 Å². The van der Waals surface area contributed by atoms with E-state index < -0.39 is 0 Å². The molecule has 0 aliphatic carbocycles. The number of nitrogens with zero attached hydrogens (tertiary/aromatic N) is 2. The third-order valence-corrected chi connectivity index (χ3v) is 4.52. The first-order valence-corrected chi connectivity index (χ1v) is 8.68. The van der Waals surface area contributed by atoms with Crippen LogP contribution in [0.2, 0.25) is 0 Å². The van der Waals surface area contributed by atoms with Gasteiger partial charge in [-0.1, -0.05) is 30.3 Å². The van der Waals surface area contributed by atoms with E-state index in [9.17, 15) is 0 Å². The molecule has 1 heterocycles. The molecule has 2 aromatic carbocycles. The predicted molar refractivity (Wildman–Crippen MR) is 102 cm³/mol. The average Bonchev–Trinajstić information content (AvgIpc) is 2.92. The molecule has 25 heavy (non-hydrogen) atoms. The Balaban J connectivity index is 1.82. The van der Waals surface area contributed by atoms with Crippen LogP contribution in [0.3, 0.4) is 0 Å².